The molecule has 96 valence electrons. The van der Waals surface area contributed by atoms with E-state index in [2.05, 4.69) is 11.5 Å². The molecule has 19 heavy (non-hydrogen) atoms. The highest BCUT2D eigenvalue weighted by Crippen LogP contribution is 2.36. The number of aromatic nitrogens is 1. The number of phenols is 2. The van der Waals surface area contributed by atoms with E-state index in [-0.39, 0.29) is 11.5 Å². The van der Waals surface area contributed by atoms with Gasteiger partial charge >= 0.3 is 0 Å². The fraction of sp³-hybridized carbons (Fsp3) is 0.125. The summed E-state index contributed by atoms with van der Waals surface area (Å²) in [4.78, 5) is 0. The van der Waals surface area contributed by atoms with Gasteiger partial charge in [-0.15, -0.1) is 0 Å². The zero-order valence-corrected chi connectivity index (χ0v) is 10.9. The molecular formula is C16H15NO2. The fourth-order valence-corrected chi connectivity index (χ4v) is 2.55. The third-order valence-corrected chi connectivity index (χ3v) is 3.63. The van der Waals surface area contributed by atoms with Crippen molar-refractivity contribution in [2.75, 3.05) is 0 Å². The second-order valence-electron chi connectivity index (χ2n) is 4.77. The Morgan fingerprint density at radius 1 is 0.895 bits per heavy atom. The lowest BCUT2D eigenvalue weighted by Crippen LogP contribution is -1.90. The largest absolute Gasteiger partial charge is 0.508 e. The van der Waals surface area contributed by atoms with E-state index in [1.807, 2.05) is 25.2 Å². The Morgan fingerprint density at radius 3 is 2.21 bits per heavy atom. The van der Waals surface area contributed by atoms with Crippen LogP contribution in [0.2, 0.25) is 0 Å². The second-order valence-corrected chi connectivity index (χ2v) is 4.77. The van der Waals surface area contributed by atoms with Gasteiger partial charge in [0.2, 0.25) is 0 Å². The van der Waals surface area contributed by atoms with Crippen molar-refractivity contribution < 1.29 is 10.2 Å². The van der Waals surface area contributed by atoms with E-state index in [1.165, 1.54) is 0 Å². The van der Waals surface area contributed by atoms with Crippen molar-refractivity contribution in [3.63, 3.8) is 0 Å². The SMILES string of the molecule is Cc1c(-c2ccc(O)cc2)c2cc(O)ccc2n1C. The van der Waals surface area contributed by atoms with Crippen LogP contribution in [-0.4, -0.2) is 14.8 Å². The number of fused-ring (bicyclic) bond motifs is 1. The van der Waals surface area contributed by atoms with E-state index < -0.39 is 0 Å². The van der Waals surface area contributed by atoms with Crippen molar-refractivity contribution in [3.05, 3.63) is 48.2 Å². The highest BCUT2D eigenvalue weighted by atomic mass is 16.3. The molecule has 3 nitrogen and oxygen atoms in total. The highest BCUT2D eigenvalue weighted by molar-refractivity contribution is 5.98. The molecule has 0 aliphatic carbocycles. The minimum absolute atomic E-state index is 0.254. The molecule has 0 spiro atoms. The third-order valence-electron chi connectivity index (χ3n) is 3.63. The lowest BCUT2D eigenvalue weighted by Gasteiger charge is -2.03. The molecule has 0 aliphatic rings. The molecule has 0 unspecified atom stereocenters. The molecule has 3 rings (SSSR count). The van der Waals surface area contributed by atoms with Gasteiger partial charge in [0.1, 0.15) is 11.5 Å². The topological polar surface area (TPSA) is 45.4 Å². The number of aryl methyl sites for hydroxylation is 1. The Kier molecular flexibility index (Phi) is 2.49. The average Bonchev–Trinajstić information content (AvgIpc) is 2.63. The van der Waals surface area contributed by atoms with Crippen LogP contribution >= 0.6 is 0 Å². The van der Waals surface area contributed by atoms with Gasteiger partial charge in [0.25, 0.3) is 0 Å². The standard InChI is InChI=1S/C16H15NO2/c1-10-16(11-3-5-12(18)6-4-11)14-9-13(19)7-8-15(14)17(10)2/h3-9,18-19H,1-2H3. The van der Waals surface area contributed by atoms with Crippen LogP contribution in [0.5, 0.6) is 11.5 Å². The van der Waals surface area contributed by atoms with Gasteiger partial charge in [-0.2, -0.15) is 0 Å². The molecule has 1 heterocycles. The zero-order chi connectivity index (χ0) is 13.6. The summed E-state index contributed by atoms with van der Waals surface area (Å²) >= 11 is 0. The summed E-state index contributed by atoms with van der Waals surface area (Å²) in [6.07, 6.45) is 0. The van der Waals surface area contributed by atoms with Gasteiger partial charge in [-0.1, -0.05) is 12.1 Å². The van der Waals surface area contributed by atoms with Crippen molar-refractivity contribution in [2.24, 2.45) is 7.05 Å². The lowest BCUT2D eigenvalue weighted by atomic mass is 10.0. The van der Waals surface area contributed by atoms with E-state index in [4.69, 9.17) is 0 Å². The number of aromatic hydroxyl groups is 2. The Labute approximate surface area is 111 Å². The molecule has 1 aromatic heterocycles. The van der Waals surface area contributed by atoms with Crippen LogP contribution in [0, 0.1) is 6.92 Å². The molecule has 0 saturated heterocycles. The number of hydrogen-bond donors (Lipinski definition) is 2. The smallest absolute Gasteiger partial charge is 0.116 e. The van der Waals surface area contributed by atoms with Gasteiger partial charge < -0.3 is 14.8 Å². The van der Waals surface area contributed by atoms with Gasteiger partial charge in [-0.25, -0.2) is 0 Å². The van der Waals surface area contributed by atoms with E-state index >= 15 is 0 Å². The first-order chi connectivity index (χ1) is 9.08. The number of nitrogens with zero attached hydrogens (tertiary/aromatic N) is 1. The molecule has 3 heteroatoms. The summed E-state index contributed by atoms with van der Waals surface area (Å²) < 4.78 is 2.11. The van der Waals surface area contributed by atoms with Gasteiger partial charge in [0.05, 0.1) is 0 Å². The Hall–Kier alpha value is -2.42. The van der Waals surface area contributed by atoms with Crippen molar-refractivity contribution in [1.82, 2.24) is 4.57 Å². The van der Waals surface area contributed by atoms with Crippen molar-refractivity contribution in [1.29, 1.82) is 0 Å². The lowest BCUT2D eigenvalue weighted by molar-refractivity contribution is 0.475. The van der Waals surface area contributed by atoms with Crippen LogP contribution in [0.25, 0.3) is 22.0 Å². The van der Waals surface area contributed by atoms with E-state index in [0.29, 0.717) is 0 Å². The van der Waals surface area contributed by atoms with E-state index in [1.54, 1.807) is 24.3 Å². The summed E-state index contributed by atoms with van der Waals surface area (Å²) in [6.45, 7) is 2.05. The predicted molar refractivity (Wildman–Crippen MR) is 76.4 cm³/mol. The Balaban J connectivity index is 2.36. The molecule has 0 amide bonds. The monoisotopic (exact) mass is 253 g/mol. The van der Waals surface area contributed by atoms with E-state index in [0.717, 1.165) is 27.7 Å². The number of benzene rings is 2. The fourth-order valence-electron chi connectivity index (χ4n) is 2.55. The molecule has 2 aromatic carbocycles. The minimum Gasteiger partial charge on any atom is -0.508 e. The molecule has 0 fully saturated rings. The number of rotatable bonds is 1. The van der Waals surface area contributed by atoms with Crippen molar-refractivity contribution in [2.45, 2.75) is 6.92 Å². The number of hydrogen-bond acceptors (Lipinski definition) is 2. The van der Waals surface area contributed by atoms with Gasteiger partial charge in [0, 0.05) is 29.2 Å². The summed E-state index contributed by atoms with van der Waals surface area (Å²) in [5.74, 6) is 0.516. The zero-order valence-electron chi connectivity index (χ0n) is 10.9. The highest BCUT2D eigenvalue weighted by Gasteiger charge is 2.14. The minimum atomic E-state index is 0.254. The van der Waals surface area contributed by atoms with E-state index in [9.17, 15) is 10.2 Å². The molecule has 0 atom stereocenters. The van der Waals surface area contributed by atoms with Crippen LogP contribution in [0.3, 0.4) is 0 Å². The molecule has 0 saturated carbocycles. The van der Waals surface area contributed by atoms with Crippen LogP contribution in [0.1, 0.15) is 5.69 Å². The summed E-state index contributed by atoms with van der Waals surface area (Å²) in [5, 5.41) is 20.1. The molecule has 3 aromatic rings. The first kappa shape index (κ1) is 11.7. The van der Waals surface area contributed by atoms with Crippen LogP contribution in [0.15, 0.2) is 42.5 Å². The quantitative estimate of drug-likeness (QED) is 0.696. The van der Waals surface area contributed by atoms with Gasteiger partial charge in [-0.3, -0.25) is 0 Å². The third kappa shape index (κ3) is 1.74. The Bertz CT molecular complexity index is 755. The van der Waals surface area contributed by atoms with Crippen molar-refractivity contribution >= 4 is 10.9 Å². The average molecular weight is 253 g/mol. The van der Waals surface area contributed by atoms with Gasteiger partial charge in [0.15, 0.2) is 0 Å². The summed E-state index contributed by atoms with van der Waals surface area (Å²) in [6, 6.07) is 12.5. The second kappa shape index (κ2) is 4.05. The Morgan fingerprint density at radius 2 is 1.53 bits per heavy atom. The first-order valence-electron chi connectivity index (χ1n) is 6.15. The first-order valence-corrected chi connectivity index (χ1v) is 6.15. The molecule has 0 radical (unpaired) electrons. The van der Waals surface area contributed by atoms with Crippen molar-refractivity contribution in [3.8, 4) is 22.6 Å². The maximum absolute atomic E-state index is 9.70. The van der Waals surface area contributed by atoms with Crippen LogP contribution < -0.4 is 0 Å². The van der Waals surface area contributed by atoms with Gasteiger partial charge in [-0.05, 0) is 42.8 Å². The normalized spacial score (nSPS) is 11.1. The maximum atomic E-state index is 9.70. The molecular weight excluding hydrogens is 238 g/mol. The molecule has 0 bridgehead atoms. The maximum Gasteiger partial charge on any atom is 0.116 e. The van der Waals surface area contributed by atoms with Crippen LogP contribution in [-0.2, 0) is 7.05 Å². The molecule has 2 N–H and O–H groups in total. The molecule has 0 aliphatic heterocycles. The van der Waals surface area contributed by atoms with Crippen LogP contribution in [0.4, 0.5) is 0 Å². The summed E-state index contributed by atoms with van der Waals surface area (Å²) in [5.41, 5.74) is 4.34. The predicted octanol–water partition coefficient (Wildman–Crippen LogP) is 3.56. The summed E-state index contributed by atoms with van der Waals surface area (Å²) in [7, 11) is 2.01. The number of phenolic OH excluding ortho intramolecular Hbond substituents is 2.